The highest BCUT2D eigenvalue weighted by atomic mass is 35.5. The number of nitrogens with one attached hydrogen (secondary N) is 1. The molecular weight excluding hydrogens is 343 g/mol. The number of hydrogen-bond acceptors (Lipinski definition) is 2. The Bertz CT molecular complexity index is 720. The van der Waals surface area contributed by atoms with E-state index in [2.05, 4.69) is 10.2 Å². The summed E-state index contributed by atoms with van der Waals surface area (Å²) in [6.45, 7) is 2.52. The first-order chi connectivity index (χ1) is 11.6. The highest BCUT2D eigenvalue weighted by Gasteiger charge is 2.26. The highest BCUT2D eigenvalue weighted by Crippen LogP contribution is 2.23. The summed E-state index contributed by atoms with van der Waals surface area (Å²) in [7, 11) is 0. The van der Waals surface area contributed by atoms with Crippen molar-refractivity contribution in [3.63, 3.8) is 0 Å². The minimum atomic E-state index is -0.0137. The molecule has 0 aliphatic carbocycles. The van der Waals surface area contributed by atoms with Gasteiger partial charge in [0.25, 0.3) is 0 Å². The van der Waals surface area contributed by atoms with Crippen LogP contribution in [0.5, 0.6) is 0 Å². The third kappa shape index (κ3) is 4.50. The first-order valence-electron chi connectivity index (χ1n) is 8.14. The number of carbonyl (C=O) groups is 1. The molecule has 0 aromatic heterocycles. The maximum Gasteiger partial charge on any atom is 0.228 e. The predicted octanol–water partition coefficient (Wildman–Crippen LogP) is 4.84. The fourth-order valence-corrected chi connectivity index (χ4v) is 3.48. The number of amides is 1. The number of benzene rings is 2. The Balaban J connectivity index is 1.60. The molecule has 0 unspecified atom stereocenters. The molecule has 2 aromatic rings. The van der Waals surface area contributed by atoms with Gasteiger partial charge in [-0.2, -0.15) is 0 Å². The lowest BCUT2D eigenvalue weighted by Gasteiger charge is -2.32. The lowest BCUT2D eigenvalue weighted by atomic mass is 9.96. The van der Waals surface area contributed by atoms with Crippen LogP contribution in [0.25, 0.3) is 0 Å². The van der Waals surface area contributed by atoms with Gasteiger partial charge in [0.15, 0.2) is 0 Å². The Morgan fingerprint density at radius 1 is 1.17 bits per heavy atom. The summed E-state index contributed by atoms with van der Waals surface area (Å²) in [5, 5.41) is 4.37. The van der Waals surface area contributed by atoms with E-state index in [1.165, 1.54) is 0 Å². The van der Waals surface area contributed by atoms with Crippen LogP contribution in [0.1, 0.15) is 18.4 Å². The number of piperidine rings is 1. The third-order valence-electron chi connectivity index (χ3n) is 4.32. The van der Waals surface area contributed by atoms with Gasteiger partial charge in [-0.25, -0.2) is 0 Å². The molecule has 1 atom stereocenters. The molecule has 1 fully saturated rings. The summed E-state index contributed by atoms with van der Waals surface area (Å²) in [5.41, 5.74) is 1.85. The minimum absolute atomic E-state index is 0.0137. The molecular formula is C19H20Cl2N2O. The van der Waals surface area contributed by atoms with Crippen LogP contribution in [0.3, 0.4) is 0 Å². The van der Waals surface area contributed by atoms with E-state index in [-0.39, 0.29) is 11.8 Å². The largest absolute Gasteiger partial charge is 0.326 e. The maximum absolute atomic E-state index is 12.5. The van der Waals surface area contributed by atoms with Crippen molar-refractivity contribution in [1.29, 1.82) is 0 Å². The summed E-state index contributed by atoms with van der Waals surface area (Å²) < 4.78 is 0. The summed E-state index contributed by atoms with van der Waals surface area (Å²) in [6.07, 6.45) is 1.92. The topological polar surface area (TPSA) is 32.3 Å². The van der Waals surface area contributed by atoms with Crippen LogP contribution in [0.4, 0.5) is 5.69 Å². The van der Waals surface area contributed by atoms with Gasteiger partial charge >= 0.3 is 0 Å². The van der Waals surface area contributed by atoms with Gasteiger partial charge in [-0.15, -0.1) is 0 Å². The zero-order valence-electron chi connectivity index (χ0n) is 13.3. The monoisotopic (exact) mass is 362 g/mol. The molecule has 5 heteroatoms. The molecule has 0 radical (unpaired) electrons. The minimum Gasteiger partial charge on any atom is -0.326 e. The number of likely N-dealkylation sites (tertiary alicyclic amines) is 1. The molecule has 1 aliphatic heterocycles. The molecule has 1 N–H and O–H groups in total. The van der Waals surface area contributed by atoms with E-state index in [9.17, 15) is 4.79 Å². The van der Waals surface area contributed by atoms with Crippen LogP contribution in [-0.2, 0) is 11.3 Å². The average Bonchev–Trinajstić information content (AvgIpc) is 2.57. The Hall–Kier alpha value is -1.55. The Morgan fingerprint density at radius 2 is 2.00 bits per heavy atom. The normalized spacial score (nSPS) is 18.3. The summed E-state index contributed by atoms with van der Waals surface area (Å²) in [5.74, 6) is 0.0429. The van der Waals surface area contributed by atoms with Gasteiger partial charge < -0.3 is 5.32 Å². The number of carbonyl (C=O) groups excluding carboxylic acids is 1. The Morgan fingerprint density at radius 3 is 2.79 bits per heavy atom. The van der Waals surface area contributed by atoms with Crippen LogP contribution >= 0.6 is 23.2 Å². The average molecular weight is 363 g/mol. The van der Waals surface area contributed by atoms with E-state index in [0.29, 0.717) is 5.02 Å². The van der Waals surface area contributed by atoms with Gasteiger partial charge in [0, 0.05) is 28.8 Å². The second-order valence-corrected chi connectivity index (χ2v) is 7.01. The molecule has 0 spiro atoms. The zero-order valence-corrected chi connectivity index (χ0v) is 14.9. The standard InChI is InChI=1S/C19H20Cl2N2O/c20-16-7-3-8-17(11-16)22-19(24)15-6-4-10-23(13-15)12-14-5-1-2-9-18(14)21/h1-3,5,7-9,11,15H,4,6,10,12-13H2,(H,22,24)/t15-/m0/s1. The number of nitrogens with zero attached hydrogens (tertiary/aromatic N) is 1. The van der Waals surface area contributed by atoms with Crippen molar-refractivity contribution in [3.8, 4) is 0 Å². The molecule has 2 aromatic carbocycles. The number of anilines is 1. The van der Waals surface area contributed by atoms with E-state index in [1.807, 2.05) is 36.4 Å². The van der Waals surface area contributed by atoms with E-state index < -0.39 is 0 Å². The van der Waals surface area contributed by atoms with Crippen LogP contribution in [0.2, 0.25) is 10.0 Å². The summed E-state index contributed by atoms with van der Waals surface area (Å²) in [6, 6.07) is 15.1. The number of rotatable bonds is 4. The molecule has 0 saturated carbocycles. The van der Waals surface area contributed by atoms with Crippen molar-refractivity contribution >= 4 is 34.8 Å². The Kier molecular flexibility index (Phi) is 5.77. The van der Waals surface area contributed by atoms with Crippen molar-refractivity contribution in [2.45, 2.75) is 19.4 Å². The van der Waals surface area contributed by atoms with E-state index in [0.717, 1.165) is 48.7 Å². The first-order valence-corrected chi connectivity index (χ1v) is 8.89. The molecule has 0 bridgehead atoms. The Labute approximate surface area is 152 Å². The molecule has 126 valence electrons. The molecule has 1 aliphatic rings. The van der Waals surface area contributed by atoms with Gasteiger partial charge in [-0.1, -0.05) is 47.5 Å². The second kappa shape index (κ2) is 8.02. The molecule has 3 nitrogen and oxygen atoms in total. The van der Waals surface area contributed by atoms with E-state index >= 15 is 0 Å². The molecule has 1 heterocycles. The van der Waals surface area contributed by atoms with E-state index in [1.54, 1.807) is 12.1 Å². The van der Waals surface area contributed by atoms with E-state index in [4.69, 9.17) is 23.2 Å². The lowest BCUT2D eigenvalue weighted by molar-refractivity contribution is -0.121. The van der Waals surface area contributed by atoms with Gasteiger partial charge in [-0.3, -0.25) is 9.69 Å². The predicted molar refractivity (Wildman–Crippen MR) is 99.5 cm³/mol. The van der Waals surface area contributed by atoms with Gasteiger partial charge in [0.2, 0.25) is 5.91 Å². The summed E-state index contributed by atoms with van der Waals surface area (Å²) >= 11 is 12.2. The second-order valence-electron chi connectivity index (χ2n) is 6.17. The number of hydrogen-bond donors (Lipinski definition) is 1. The zero-order chi connectivity index (χ0) is 16.9. The van der Waals surface area contributed by atoms with Crippen molar-refractivity contribution in [3.05, 3.63) is 64.1 Å². The van der Waals surface area contributed by atoms with Crippen molar-refractivity contribution < 1.29 is 4.79 Å². The van der Waals surface area contributed by atoms with Gasteiger partial charge in [0.1, 0.15) is 0 Å². The third-order valence-corrected chi connectivity index (χ3v) is 4.92. The van der Waals surface area contributed by atoms with Crippen LogP contribution in [-0.4, -0.2) is 23.9 Å². The summed E-state index contributed by atoms with van der Waals surface area (Å²) in [4.78, 5) is 14.8. The van der Waals surface area contributed by atoms with Gasteiger partial charge in [0.05, 0.1) is 5.92 Å². The molecule has 1 amide bonds. The van der Waals surface area contributed by atoms with Crippen molar-refractivity contribution in [2.24, 2.45) is 5.92 Å². The van der Waals surface area contributed by atoms with Crippen molar-refractivity contribution in [2.75, 3.05) is 18.4 Å². The maximum atomic E-state index is 12.5. The fraction of sp³-hybridized carbons (Fsp3) is 0.316. The van der Waals surface area contributed by atoms with Crippen LogP contribution < -0.4 is 5.32 Å². The smallest absolute Gasteiger partial charge is 0.228 e. The quantitative estimate of drug-likeness (QED) is 0.843. The van der Waals surface area contributed by atoms with Crippen molar-refractivity contribution in [1.82, 2.24) is 4.90 Å². The molecule has 24 heavy (non-hydrogen) atoms. The SMILES string of the molecule is O=C(Nc1cccc(Cl)c1)[C@H]1CCCN(Cc2ccccc2Cl)C1. The van der Waals surface area contributed by atoms with Crippen LogP contribution in [0.15, 0.2) is 48.5 Å². The number of halogens is 2. The fourth-order valence-electron chi connectivity index (χ4n) is 3.09. The van der Waals surface area contributed by atoms with Crippen LogP contribution in [0, 0.1) is 5.92 Å². The molecule has 3 rings (SSSR count). The first kappa shape index (κ1) is 17.3. The highest BCUT2D eigenvalue weighted by molar-refractivity contribution is 6.31. The molecule has 1 saturated heterocycles. The van der Waals surface area contributed by atoms with Gasteiger partial charge in [-0.05, 0) is 49.2 Å². The lowest BCUT2D eigenvalue weighted by Crippen LogP contribution is -2.40.